The minimum atomic E-state index is -1.00. The molecule has 2 aromatic carbocycles. The highest BCUT2D eigenvalue weighted by molar-refractivity contribution is 5.29. The highest BCUT2D eigenvalue weighted by Crippen LogP contribution is 2.24. The largest absolute Gasteiger partial charge is 0.497 e. The number of hydrogen-bond donors (Lipinski definition) is 2. The molecule has 6 heteroatoms. The van der Waals surface area contributed by atoms with Crippen LogP contribution in [0.5, 0.6) is 5.75 Å². The second-order valence-electron chi connectivity index (χ2n) is 5.60. The Morgan fingerprint density at radius 2 is 1.67 bits per heavy atom. The number of rotatable bonds is 7. The van der Waals surface area contributed by atoms with Gasteiger partial charge in [-0.25, -0.2) is 8.78 Å². The molecular weight excluding hydrogens is 316 g/mol. The lowest BCUT2D eigenvalue weighted by Gasteiger charge is -2.29. The molecule has 2 rings (SSSR count). The Balaban J connectivity index is 2.09. The van der Waals surface area contributed by atoms with Crippen LogP contribution in [0, 0.1) is 11.6 Å². The molecule has 0 fully saturated rings. The monoisotopic (exact) mass is 337 g/mol. The van der Waals surface area contributed by atoms with Gasteiger partial charge in [0.15, 0.2) is 11.6 Å². The van der Waals surface area contributed by atoms with Crippen LogP contribution >= 0.6 is 0 Å². The molecule has 0 saturated carbocycles. The van der Waals surface area contributed by atoms with Gasteiger partial charge in [0.1, 0.15) is 5.75 Å². The summed E-state index contributed by atoms with van der Waals surface area (Å²) in [6.07, 6.45) is -1.00. The lowest BCUT2D eigenvalue weighted by Crippen LogP contribution is -2.31. The molecule has 4 nitrogen and oxygen atoms in total. The van der Waals surface area contributed by atoms with E-state index in [0.717, 1.165) is 17.7 Å². The van der Waals surface area contributed by atoms with Gasteiger partial charge in [0.25, 0.3) is 0 Å². The molecule has 24 heavy (non-hydrogen) atoms. The SMILES string of the molecule is COc1ccc(C(CO)N(C)CC(O)c2ccc(F)c(F)c2)cc1. The van der Waals surface area contributed by atoms with Crippen molar-refractivity contribution in [3.05, 3.63) is 65.2 Å². The Bertz CT molecular complexity index is 664. The fourth-order valence-corrected chi connectivity index (χ4v) is 2.55. The first-order valence-electron chi connectivity index (χ1n) is 7.54. The lowest BCUT2D eigenvalue weighted by molar-refractivity contribution is 0.0793. The molecule has 0 bridgehead atoms. The van der Waals surface area contributed by atoms with Crippen LogP contribution in [0.15, 0.2) is 42.5 Å². The van der Waals surface area contributed by atoms with E-state index in [1.54, 1.807) is 31.2 Å². The Hall–Kier alpha value is -2.02. The van der Waals surface area contributed by atoms with Crippen molar-refractivity contribution in [1.29, 1.82) is 0 Å². The minimum Gasteiger partial charge on any atom is -0.497 e. The van der Waals surface area contributed by atoms with E-state index < -0.39 is 17.7 Å². The first-order chi connectivity index (χ1) is 11.5. The van der Waals surface area contributed by atoms with Crippen LogP contribution in [-0.2, 0) is 0 Å². The van der Waals surface area contributed by atoms with E-state index in [4.69, 9.17) is 4.74 Å². The average molecular weight is 337 g/mol. The zero-order chi connectivity index (χ0) is 17.7. The number of aliphatic hydroxyl groups is 2. The van der Waals surface area contributed by atoms with Crippen molar-refractivity contribution in [3.8, 4) is 5.75 Å². The van der Waals surface area contributed by atoms with Gasteiger partial charge in [-0.15, -0.1) is 0 Å². The van der Waals surface area contributed by atoms with Gasteiger partial charge < -0.3 is 14.9 Å². The van der Waals surface area contributed by atoms with E-state index in [0.29, 0.717) is 5.75 Å². The summed E-state index contributed by atoms with van der Waals surface area (Å²) < 4.78 is 31.4. The predicted octanol–water partition coefficient (Wildman–Crippen LogP) is 2.67. The third-order valence-corrected chi connectivity index (χ3v) is 3.99. The summed E-state index contributed by atoms with van der Waals surface area (Å²) in [6.45, 7) is 0.00958. The fraction of sp³-hybridized carbons (Fsp3) is 0.333. The number of ether oxygens (including phenoxy) is 1. The molecule has 2 atom stereocenters. The maximum absolute atomic E-state index is 13.3. The Kier molecular flexibility index (Phi) is 6.25. The molecule has 0 aliphatic carbocycles. The van der Waals surface area contributed by atoms with Gasteiger partial charge in [0, 0.05) is 6.54 Å². The van der Waals surface area contributed by atoms with Crippen LogP contribution in [0.3, 0.4) is 0 Å². The van der Waals surface area contributed by atoms with Crippen LogP contribution in [0.2, 0.25) is 0 Å². The van der Waals surface area contributed by atoms with Gasteiger partial charge in [-0.3, -0.25) is 4.90 Å². The van der Waals surface area contributed by atoms with Crippen molar-refractivity contribution in [2.75, 3.05) is 27.3 Å². The molecule has 0 saturated heterocycles. The van der Waals surface area contributed by atoms with E-state index in [2.05, 4.69) is 0 Å². The van der Waals surface area contributed by atoms with E-state index in [9.17, 15) is 19.0 Å². The number of nitrogens with zero attached hydrogens (tertiary/aromatic N) is 1. The van der Waals surface area contributed by atoms with Crippen molar-refractivity contribution in [2.24, 2.45) is 0 Å². The van der Waals surface area contributed by atoms with Crippen molar-refractivity contribution in [1.82, 2.24) is 4.90 Å². The molecule has 0 aromatic heterocycles. The summed E-state index contributed by atoms with van der Waals surface area (Å²) in [5, 5.41) is 19.9. The summed E-state index contributed by atoms with van der Waals surface area (Å²) in [5.74, 6) is -1.24. The summed E-state index contributed by atoms with van der Waals surface area (Å²) in [4.78, 5) is 1.76. The van der Waals surface area contributed by atoms with Gasteiger partial charge >= 0.3 is 0 Å². The van der Waals surface area contributed by atoms with Gasteiger partial charge in [-0.2, -0.15) is 0 Å². The van der Waals surface area contributed by atoms with E-state index in [-0.39, 0.29) is 24.8 Å². The molecule has 130 valence electrons. The highest BCUT2D eigenvalue weighted by atomic mass is 19.2. The number of likely N-dealkylation sites (N-methyl/N-ethyl adjacent to an activating group) is 1. The topological polar surface area (TPSA) is 52.9 Å². The highest BCUT2D eigenvalue weighted by Gasteiger charge is 2.20. The average Bonchev–Trinajstić information content (AvgIpc) is 2.58. The van der Waals surface area contributed by atoms with E-state index in [1.807, 2.05) is 12.1 Å². The molecular formula is C18H21F2NO3. The fourth-order valence-electron chi connectivity index (χ4n) is 2.55. The molecule has 0 aliphatic heterocycles. The first kappa shape index (κ1) is 18.3. The Morgan fingerprint density at radius 1 is 1.04 bits per heavy atom. The molecule has 0 aliphatic rings. The van der Waals surface area contributed by atoms with Crippen LogP contribution in [-0.4, -0.2) is 42.4 Å². The molecule has 2 N–H and O–H groups in total. The smallest absolute Gasteiger partial charge is 0.159 e. The zero-order valence-electron chi connectivity index (χ0n) is 13.6. The third-order valence-electron chi connectivity index (χ3n) is 3.99. The van der Waals surface area contributed by atoms with Gasteiger partial charge in [0.2, 0.25) is 0 Å². The number of aliphatic hydroxyl groups excluding tert-OH is 2. The standard InChI is InChI=1S/C18H21F2NO3/c1-21(10-18(23)13-5-8-15(19)16(20)9-13)17(11-22)12-3-6-14(24-2)7-4-12/h3-9,17-18,22-23H,10-11H2,1-2H3. The summed E-state index contributed by atoms with van der Waals surface area (Å²) in [5.41, 5.74) is 1.14. The second-order valence-corrected chi connectivity index (χ2v) is 5.60. The van der Waals surface area contributed by atoms with Gasteiger partial charge in [0.05, 0.1) is 25.9 Å². The van der Waals surface area contributed by atoms with Gasteiger partial charge in [-0.1, -0.05) is 18.2 Å². The second kappa shape index (κ2) is 8.19. The van der Waals surface area contributed by atoms with Crippen molar-refractivity contribution in [3.63, 3.8) is 0 Å². The predicted molar refractivity (Wildman–Crippen MR) is 86.8 cm³/mol. The number of halogens is 2. The molecule has 2 unspecified atom stereocenters. The molecule has 0 amide bonds. The molecule has 0 heterocycles. The maximum Gasteiger partial charge on any atom is 0.159 e. The normalized spacial score (nSPS) is 13.8. The van der Waals surface area contributed by atoms with Crippen LogP contribution < -0.4 is 4.74 Å². The first-order valence-corrected chi connectivity index (χ1v) is 7.54. The number of hydrogen-bond acceptors (Lipinski definition) is 4. The van der Waals surface area contributed by atoms with Crippen molar-refractivity contribution >= 4 is 0 Å². The maximum atomic E-state index is 13.3. The van der Waals surface area contributed by atoms with Crippen molar-refractivity contribution < 1.29 is 23.7 Å². The molecule has 0 radical (unpaired) electrons. The lowest BCUT2D eigenvalue weighted by atomic mass is 10.0. The molecule has 0 spiro atoms. The van der Waals surface area contributed by atoms with E-state index >= 15 is 0 Å². The molecule has 2 aromatic rings. The zero-order valence-corrected chi connectivity index (χ0v) is 13.6. The Morgan fingerprint density at radius 3 is 2.21 bits per heavy atom. The number of benzene rings is 2. The third kappa shape index (κ3) is 4.29. The summed E-state index contributed by atoms with van der Waals surface area (Å²) in [6, 6.07) is 10.2. The van der Waals surface area contributed by atoms with E-state index in [1.165, 1.54) is 6.07 Å². The summed E-state index contributed by atoms with van der Waals surface area (Å²) >= 11 is 0. The minimum absolute atomic E-state index is 0.146. The van der Waals surface area contributed by atoms with Crippen molar-refractivity contribution in [2.45, 2.75) is 12.1 Å². The van der Waals surface area contributed by atoms with Crippen LogP contribution in [0.25, 0.3) is 0 Å². The number of methoxy groups -OCH3 is 1. The van der Waals surface area contributed by atoms with Crippen LogP contribution in [0.4, 0.5) is 8.78 Å². The Labute approximate surface area is 139 Å². The summed E-state index contributed by atoms with van der Waals surface area (Å²) in [7, 11) is 3.32. The quantitative estimate of drug-likeness (QED) is 0.816. The van der Waals surface area contributed by atoms with Crippen LogP contribution in [0.1, 0.15) is 23.3 Å². The van der Waals surface area contributed by atoms with Gasteiger partial charge in [-0.05, 0) is 42.4 Å².